The van der Waals surface area contributed by atoms with Gasteiger partial charge in [-0.25, -0.2) is 4.79 Å². The molecule has 5 heteroatoms. The zero-order chi connectivity index (χ0) is 18.0. The minimum atomic E-state index is -0.484. The summed E-state index contributed by atoms with van der Waals surface area (Å²) in [5.74, 6) is -0.525. The van der Waals surface area contributed by atoms with Crippen LogP contribution in [-0.4, -0.2) is 30.4 Å². The largest absolute Gasteiger partial charge is 0.465 e. The fourth-order valence-electron chi connectivity index (χ4n) is 3.40. The van der Waals surface area contributed by atoms with Crippen LogP contribution in [0.2, 0.25) is 5.02 Å². The quantitative estimate of drug-likeness (QED) is 0.784. The second kappa shape index (κ2) is 7.28. The summed E-state index contributed by atoms with van der Waals surface area (Å²) in [5.41, 5.74) is 3.32. The number of methoxy groups -OCH3 is 1. The smallest absolute Gasteiger partial charge is 0.338 e. The van der Waals surface area contributed by atoms with Gasteiger partial charge in [0.05, 0.1) is 25.1 Å². The van der Waals surface area contributed by atoms with E-state index >= 15 is 0 Å². The molecule has 1 aliphatic heterocycles. The molecule has 3 rings (SSSR count). The van der Waals surface area contributed by atoms with E-state index in [4.69, 9.17) is 16.3 Å². The van der Waals surface area contributed by atoms with Gasteiger partial charge in [0.15, 0.2) is 0 Å². The van der Waals surface area contributed by atoms with E-state index in [-0.39, 0.29) is 18.4 Å². The molecule has 2 aromatic carbocycles. The van der Waals surface area contributed by atoms with Gasteiger partial charge in [0.2, 0.25) is 5.91 Å². The van der Waals surface area contributed by atoms with Gasteiger partial charge in [0.25, 0.3) is 0 Å². The number of hydrogen-bond acceptors (Lipinski definition) is 3. The van der Waals surface area contributed by atoms with Crippen LogP contribution in [0.3, 0.4) is 0 Å². The SMILES string of the molecule is COC(=O)c1cccc(Cl)c1CC(=O)N1CCc2ccccc2C1C. The Labute approximate surface area is 152 Å². The van der Waals surface area contributed by atoms with Crippen molar-refractivity contribution >= 4 is 23.5 Å². The topological polar surface area (TPSA) is 46.6 Å². The van der Waals surface area contributed by atoms with Gasteiger partial charge in [-0.3, -0.25) is 4.79 Å². The van der Waals surface area contributed by atoms with Crippen molar-refractivity contribution in [3.8, 4) is 0 Å². The summed E-state index contributed by atoms with van der Waals surface area (Å²) < 4.78 is 4.80. The number of benzene rings is 2. The molecule has 0 aliphatic carbocycles. The Hall–Kier alpha value is -2.33. The third-order valence-corrected chi connectivity index (χ3v) is 5.12. The molecule has 1 atom stereocenters. The number of nitrogens with zero attached hydrogens (tertiary/aromatic N) is 1. The van der Waals surface area contributed by atoms with Gasteiger partial charge in [0.1, 0.15) is 0 Å². The Kier molecular flexibility index (Phi) is 5.09. The molecule has 2 aromatic rings. The molecule has 0 N–H and O–H groups in total. The van der Waals surface area contributed by atoms with Crippen LogP contribution in [0, 0.1) is 0 Å². The number of ether oxygens (including phenoxy) is 1. The molecule has 4 nitrogen and oxygen atoms in total. The molecule has 1 heterocycles. The van der Waals surface area contributed by atoms with Gasteiger partial charge in [-0.1, -0.05) is 41.9 Å². The van der Waals surface area contributed by atoms with Crippen molar-refractivity contribution in [2.45, 2.75) is 25.8 Å². The average molecular weight is 358 g/mol. The molecule has 1 unspecified atom stereocenters. The van der Waals surface area contributed by atoms with E-state index in [1.807, 2.05) is 24.0 Å². The van der Waals surface area contributed by atoms with Crippen LogP contribution in [0.15, 0.2) is 42.5 Å². The first-order valence-corrected chi connectivity index (χ1v) is 8.63. The summed E-state index contributed by atoms with van der Waals surface area (Å²) in [6.45, 7) is 2.69. The van der Waals surface area contributed by atoms with Crippen LogP contribution in [-0.2, 0) is 22.4 Å². The lowest BCUT2D eigenvalue weighted by Gasteiger charge is -2.35. The molecule has 0 radical (unpaired) electrons. The molecule has 0 saturated heterocycles. The minimum Gasteiger partial charge on any atom is -0.465 e. The first-order valence-electron chi connectivity index (χ1n) is 8.26. The highest BCUT2D eigenvalue weighted by atomic mass is 35.5. The average Bonchev–Trinajstić information content (AvgIpc) is 2.63. The van der Waals surface area contributed by atoms with E-state index in [2.05, 4.69) is 12.1 Å². The van der Waals surface area contributed by atoms with Crippen LogP contribution in [0.1, 0.15) is 40.0 Å². The predicted octanol–water partition coefficient (Wildman–Crippen LogP) is 3.82. The molecule has 130 valence electrons. The molecule has 1 aliphatic rings. The van der Waals surface area contributed by atoms with E-state index in [1.54, 1.807) is 18.2 Å². The summed E-state index contributed by atoms with van der Waals surface area (Å²) in [6, 6.07) is 13.2. The number of carbonyl (C=O) groups is 2. The maximum absolute atomic E-state index is 12.9. The van der Waals surface area contributed by atoms with Crippen molar-refractivity contribution in [2.24, 2.45) is 0 Å². The van der Waals surface area contributed by atoms with E-state index in [0.29, 0.717) is 22.7 Å². The summed E-state index contributed by atoms with van der Waals surface area (Å²) >= 11 is 6.25. The van der Waals surface area contributed by atoms with Crippen molar-refractivity contribution in [1.82, 2.24) is 4.90 Å². The number of halogens is 1. The second-order valence-electron chi connectivity index (χ2n) is 6.15. The van der Waals surface area contributed by atoms with Crippen molar-refractivity contribution in [1.29, 1.82) is 0 Å². The van der Waals surface area contributed by atoms with Crippen molar-refractivity contribution < 1.29 is 14.3 Å². The van der Waals surface area contributed by atoms with Crippen molar-refractivity contribution in [2.75, 3.05) is 13.7 Å². The summed E-state index contributed by atoms with van der Waals surface area (Å²) in [7, 11) is 1.32. The predicted molar refractivity (Wildman–Crippen MR) is 96.8 cm³/mol. The summed E-state index contributed by atoms with van der Waals surface area (Å²) in [4.78, 5) is 26.7. The second-order valence-corrected chi connectivity index (χ2v) is 6.55. The maximum Gasteiger partial charge on any atom is 0.338 e. The number of hydrogen-bond donors (Lipinski definition) is 0. The molecule has 0 saturated carbocycles. The van der Waals surface area contributed by atoms with Gasteiger partial charge in [0, 0.05) is 11.6 Å². The Morgan fingerprint density at radius 3 is 2.72 bits per heavy atom. The highest BCUT2D eigenvalue weighted by molar-refractivity contribution is 6.32. The number of amides is 1. The fourth-order valence-corrected chi connectivity index (χ4v) is 3.65. The first kappa shape index (κ1) is 17.5. The number of esters is 1. The van der Waals surface area contributed by atoms with Crippen LogP contribution >= 0.6 is 11.6 Å². The van der Waals surface area contributed by atoms with E-state index in [9.17, 15) is 9.59 Å². The maximum atomic E-state index is 12.9. The summed E-state index contributed by atoms with van der Waals surface area (Å²) in [6.07, 6.45) is 0.912. The molecule has 1 amide bonds. The monoisotopic (exact) mass is 357 g/mol. The van der Waals surface area contributed by atoms with E-state index in [1.165, 1.54) is 18.2 Å². The third-order valence-electron chi connectivity index (χ3n) is 4.77. The zero-order valence-corrected chi connectivity index (χ0v) is 15.0. The van der Waals surface area contributed by atoms with E-state index in [0.717, 1.165) is 6.42 Å². The van der Waals surface area contributed by atoms with Gasteiger partial charge < -0.3 is 9.64 Å². The minimum absolute atomic E-state index is 0.00140. The summed E-state index contributed by atoms with van der Waals surface area (Å²) in [5, 5.41) is 0.404. The van der Waals surface area contributed by atoms with Gasteiger partial charge >= 0.3 is 5.97 Å². The first-order chi connectivity index (χ1) is 12.0. The lowest BCUT2D eigenvalue weighted by atomic mass is 9.93. The Balaban J connectivity index is 1.86. The molecular weight excluding hydrogens is 338 g/mol. The van der Waals surface area contributed by atoms with Gasteiger partial charge in [-0.15, -0.1) is 0 Å². The third kappa shape index (κ3) is 3.40. The highest BCUT2D eigenvalue weighted by Crippen LogP contribution is 2.30. The van der Waals surface area contributed by atoms with Crippen LogP contribution in [0.5, 0.6) is 0 Å². The molecule has 0 bridgehead atoms. The van der Waals surface area contributed by atoms with Crippen molar-refractivity contribution in [3.05, 3.63) is 69.7 Å². The van der Waals surface area contributed by atoms with Crippen molar-refractivity contribution in [3.63, 3.8) is 0 Å². The van der Waals surface area contributed by atoms with Gasteiger partial charge in [-0.2, -0.15) is 0 Å². The highest BCUT2D eigenvalue weighted by Gasteiger charge is 2.28. The lowest BCUT2D eigenvalue weighted by molar-refractivity contribution is -0.133. The number of rotatable bonds is 3. The van der Waals surface area contributed by atoms with Crippen LogP contribution < -0.4 is 0 Å². The fraction of sp³-hybridized carbons (Fsp3) is 0.300. The van der Waals surface area contributed by atoms with Gasteiger partial charge in [-0.05, 0) is 42.2 Å². The molecule has 0 spiro atoms. The number of fused-ring (bicyclic) bond motifs is 1. The van der Waals surface area contributed by atoms with E-state index < -0.39 is 5.97 Å². The Morgan fingerprint density at radius 1 is 1.20 bits per heavy atom. The molecule has 0 aromatic heterocycles. The number of carbonyl (C=O) groups excluding carboxylic acids is 2. The normalized spacial score (nSPS) is 16.3. The standard InChI is InChI=1S/C20H20ClNO3/c1-13-15-7-4-3-6-14(15)10-11-22(13)19(23)12-17-16(20(24)25-2)8-5-9-18(17)21/h3-9,13H,10-12H2,1-2H3. The lowest BCUT2D eigenvalue weighted by Crippen LogP contribution is -2.39. The zero-order valence-electron chi connectivity index (χ0n) is 14.3. The molecule has 25 heavy (non-hydrogen) atoms. The Bertz CT molecular complexity index is 818. The Morgan fingerprint density at radius 2 is 1.96 bits per heavy atom. The molecule has 0 fully saturated rings. The van der Waals surface area contributed by atoms with Crippen LogP contribution in [0.25, 0.3) is 0 Å². The molecular formula is C20H20ClNO3. The van der Waals surface area contributed by atoms with Crippen LogP contribution in [0.4, 0.5) is 0 Å².